The number of nitrogens with zero attached hydrogens (tertiary/aromatic N) is 1. The van der Waals surface area contributed by atoms with Gasteiger partial charge < -0.3 is 9.73 Å². The normalized spacial score (nSPS) is 10.8. The fourth-order valence-corrected chi connectivity index (χ4v) is 1.73. The van der Waals surface area contributed by atoms with Crippen molar-refractivity contribution in [1.29, 1.82) is 0 Å². The van der Waals surface area contributed by atoms with Gasteiger partial charge in [-0.1, -0.05) is 24.3 Å². The maximum Gasteiger partial charge on any atom is 0.208 e. The van der Waals surface area contributed by atoms with Crippen LogP contribution in [0.4, 0.5) is 0 Å². The zero-order valence-electron chi connectivity index (χ0n) is 10.6. The van der Waals surface area contributed by atoms with Crippen molar-refractivity contribution in [3.05, 3.63) is 52.7 Å². The largest absolute Gasteiger partial charge is 0.444 e. The molecule has 2 aromatic rings. The number of aromatic nitrogens is 1. The Balaban J connectivity index is 1.90. The van der Waals surface area contributed by atoms with Crippen LogP contribution in [0.5, 0.6) is 0 Å². The van der Waals surface area contributed by atoms with E-state index >= 15 is 0 Å². The SMILES string of the molecule is Cc1ccccc1CNCc1nc(C)c(C)o1. The molecule has 17 heavy (non-hydrogen) atoms. The molecule has 0 aliphatic carbocycles. The van der Waals surface area contributed by atoms with Gasteiger partial charge >= 0.3 is 0 Å². The third-order valence-electron chi connectivity index (χ3n) is 2.93. The third-order valence-corrected chi connectivity index (χ3v) is 2.93. The number of oxazole rings is 1. The zero-order chi connectivity index (χ0) is 12.3. The molecule has 0 aliphatic rings. The zero-order valence-corrected chi connectivity index (χ0v) is 10.6. The number of rotatable bonds is 4. The Morgan fingerprint density at radius 1 is 1.12 bits per heavy atom. The molecule has 1 heterocycles. The molecule has 1 N–H and O–H groups in total. The first-order chi connectivity index (χ1) is 8.16. The van der Waals surface area contributed by atoms with Crippen molar-refractivity contribution >= 4 is 0 Å². The molecule has 0 unspecified atom stereocenters. The highest BCUT2D eigenvalue weighted by atomic mass is 16.4. The third kappa shape index (κ3) is 2.94. The van der Waals surface area contributed by atoms with Crippen molar-refractivity contribution < 1.29 is 4.42 Å². The van der Waals surface area contributed by atoms with Crippen LogP contribution < -0.4 is 5.32 Å². The molecular weight excluding hydrogens is 212 g/mol. The molecule has 0 radical (unpaired) electrons. The van der Waals surface area contributed by atoms with Gasteiger partial charge in [0, 0.05) is 6.54 Å². The summed E-state index contributed by atoms with van der Waals surface area (Å²) in [6.45, 7) is 7.53. The van der Waals surface area contributed by atoms with Gasteiger partial charge in [-0.2, -0.15) is 0 Å². The Morgan fingerprint density at radius 3 is 2.53 bits per heavy atom. The summed E-state index contributed by atoms with van der Waals surface area (Å²) >= 11 is 0. The fraction of sp³-hybridized carbons (Fsp3) is 0.357. The second-order valence-corrected chi connectivity index (χ2v) is 4.28. The summed E-state index contributed by atoms with van der Waals surface area (Å²) in [6, 6.07) is 8.37. The van der Waals surface area contributed by atoms with Gasteiger partial charge in [0.25, 0.3) is 0 Å². The van der Waals surface area contributed by atoms with Gasteiger partial charge in [0.05, 0.1) is 12.2 Å². The highest BCUT2D eigenvalue weighted by Gasteiger charge is 2.04. The Labute approximate surface area is 102 Å². The lowest BCUT2D eigenvalue weighted by Crippen LogP contribution is -2.13. The molecule has 3 nitrogen and oxygen atoms in total. The lowest BCUT2D eigenvalue weighted by molar-refractivity contribution is 0.448. The van der Waals surface area contributed by atoms with Gasteiger partial charge in [-0.25, -0.2) is 4.98 Å². The van der Waals surface area contributed by atoms with E-state index in [0.29, 0.717) is 6.54 Å². The molecule has 90 valence electrons. The number of hydrogen-bond acceptors (Lipinski definition) is 3. The van der Waals surface area contributed by atoms with E-state index in [-0.39, 0.29) is 0 Å². The lowest BCUT2D eigenvalue weighted by atomic mass is 10.1. The van der Waals surface area contributed by atoms with Gasteiger partial charge in [0.15, 0.2) is 0 Å². The van der Waals surface area contributed by atoms with Crippen LogP contribution in [-0.2, 0) is 13.1 Å². The smallest absolute Gasteiger partial charge is 0.208 e. The van der Waals surface area contributed by atoms with Crippen LogP contribution in [0.15, 0.2) is 28.7 Å². The number of nitrogens with one attached hydrogen (secondary N) is 1. The van der Waals surface area contributed by atoms with E-state index in [0.717, 1.165) is 23.9 Å². The Bertz CT molecular complexity index is 483. The van der Waals surface area contributed by atoms with Crippen LogP contribution in [0, 0.1) is 20.8 Å². The summed E-state index contributed by atoms with van der Waals surface area (Å²) in [5.74, 6) is 1.66. The minimum Gasteiger partial charge on any atom is -0.444 e. The summed E-state index contributed by atoms with van der Waals surface area (Å²) in [7, 11) is 0. The molecule has 0 saturated heterocycles. The molecule has 0 spiro atoms. The van der Waals surface area contributed by atoms with Crippen LogP contribution in [0.25, 0.3) is 0 Å². The van der Waals surface area contributed by atoms with E-state index in [1.165, 1.54) is 11.1 Å². The van der Waals surface area contributed by atoms with Crippen molar-refractivity contribution in [1.82, 2.24) is 10.3 Å². The maximum atomic E-state index is 5.51. The molecular formula is C14H18N2O. The quantitative estimate of drug-likeness (QED) is 0.877. The standard InChI is InChI=1S/C14H18N2O/c1-10-6-4-5-7-13(10)8-15-9-14-16-11(2)12(3)17-14/h4-7,15H,8-9H2,1-3H3. The fourth-order valence-electron chi connectivity index (χ4n) is 1.73. The van der Waals surface area contributed by atoms with E-state index in [2.05, 4.69) is 41.5 Å². The van der Waals surface area contributed by atoms with Crippen molar-refractivity contribution in [2.24, 2.45) is 0 Å². The highest BCUT2D eigenvalue weighted by molar-refractivity contribution is 5.25. The van der Waals surface area contributed by atoms with E-state index < -0.39 is 0 Å². The summed E-state index contributed by atoms with van der Waals surface area (Å²) in [5.41, 5.74) is 3.59. The molecule has 1 aromatic carbocycles. The topological polar surface area (TPSA) is 38.1 Å². The Hall–Kier alpha value is -1.61. The first kappa shape index (κ1) is 11.9. The molecule has 1 aromatic heterocycles. The molecule has 0 aliphatic heterocycles. The van der Waals surface area contributed by atoms with Crippen LogP contribution in [0.1, 0.15) is 28.5 Å². The van der Waals surface area contributed by atoms with E-state index in [1.807, 2.05) is 13.8 Å². The first-order valence-electron chi connectivity index (χ1n) is 5.85. The predicted molar refractivity (Wildman–Crippen MR) is 67.7 cm³/mol. The van der Waals surface area contributed by atoms with Crippen molar-refractivity contribution in [2.45, 2.75) is 33.9 Å². The van der Waals surface area contributed by atoms with E-state index in [9.17, 15) is 0 Å². The highest BCUT2D eigenvalue weighted by Crippen LogP contribution is 2.09. The maximum absolute atomic E-state index is 5.51. The summed E-state index contributed by atoms with van der Waals surface area (Å²) < 4.78 is 5.51. The van der Waals surface area contributed by atoms with Gasteiger partial charge in [0.1, 0.15) is 5.76 Å². The Morgan fingerprint density at radius 2 is 1.88 bits per heavy atom. The second kappa shape index (κ2) is 5.15. The van der Waals surface area contributed by atoms with E-state index in [1.54, 1.807) is 0 Å². The number of benzene rings is 1. The minimum absolute atomic E-state index is 0.670. The predicted octanol–water partition coefficient (Wildman–Crippen LogP) is 2.89. The molecule has 0 saturated carbocycles. The van der Waals surface area contributed by atoms with Crippen LogP contribution >= 0.6 is 0 Å². The summed E-state index contributed by atoms with van der Waals surface area (Å²) in [4.78, 5) is 4.33. The molecule has 0 bridgehead atoms. The molecule has 0 amide bonds. The number of hydrogen-bond donors (Lipinski definition) is 1. The Kier molecular flexibility index (Phi) is 3.59. The van der Waals surface area contributed by atoms with Gasteiger partial charge in [-0.05, 0) is 31.9 Å². The molecule has 0 atom stereocenters. The second-order valence-electron chi connectivity index (χ2n) is 4.28. The summed E-state index contributed by atoms with van der Waals surface area (Å²) in [5, 5.41) is 3.34. The lowest BCUT2D eigenvalue weighted by Gasteiger charge is -2.05. The van der Waals surface area contributed by atoms with Crippen molar-refractivity contribution in [2.75, 3.05) is 0 Å². The molecule has 2 rings (SSSR count). The van der Waals surface area contributed by atoms with E-state index in [4.69, 9.17) is 4.42 Å². The van der Waals surface area contributed by atoms with Crippen LogP contribution in [0.2, 0.25) is 0 Å². The molecule has 0 fully saturated rings. The summed E-state index contributed by atoms with van der Waals surface area (Å²) in [6.07, 6.45) is 0. The first-order valence-corrected chi connectivity index (χ1v) is 5.85. The average Bonchev–Trinajstić information content (AvgIpc) is 2.61. The monoisotopic (exact) mass is 230 g/mol. The van der Waals surface area contributed by atoms with Gasteiger partial charge in [0.2, 0.25) is 5.89 Å². The van der Waals surface area contributed by atoms with Gasteiger partial charge in [-0.15, -0.1) is 0 Å². The van der Waals surface area contributed by atoms with Crippen LogP contribution in [-0.4, -0.2) is 4.98 Å². The minimum atomic E-state index is 0.670. The van der Waals surface area contributed by atoms with Gasteiger partial charge in [-0.3, -0.25) is 0 Å². The average molecular weight is 230 g/mol. The van der Waals surface area contributed by atoms with Crippen LogP contribution in [0.3, 0.4) is 0 Å². The molecule has 3 heteroatoms. The van der Waals surface area contributed by atoms with Crippen molar-refractivity contribution in [3.63, 3.8) is 0 Å². The number of aryl methyl sites for hydroxylation is 3. The van der Waals surface area contributed by atoms with Crippen molar-refractivity contribution in [3.8, 4) is 0 Å².